The van der Waals surface area contributed by atoms with Gasteiger partial charge in [-0.05, 0) is 30.7 Å². The lowest BCUT2D eigenvalue weighted by Gasteiger charge is -2.36. The Morgan fingerprint density at radius 1 is 1.07 bits per heavy atom. The predicted octanol–water partition coefficient (Wildman–Crippen LogP) is 3.65. The molecule has 5 nitrogen and oxygen atoms in total. The summed E-state index contributed by atoms with van der Waals surface area (Å²) in [5.41, 5.74) is 2.81. The molecular formula is C22H20N2O3. The molecule has 0 radical (unpaired) electrons. The van der Waals surface area contributed by atoms with E-state index in [1.165, 1.54) is 5.01 Å². The molecule has 0 unspecified atom stereocenters. The second-order valence-corrected chi connectivity index (χ2v) is 6.46. The molecule has 2 heterocycles. The average Bonchev–Trinajstić information content (AvgIpc) is 3.00. The number of carbonyl (C=O) groups is 2. The van der Waals surface area contributed by atoms with E-state index in [1.807, 2.05) is 59.6 Å². The molecule has 0 aliphatic carbocycles. The van der Waals surface area contributed by atoms with Crippen molar-refractivity contribution in [3.63, 3.8) is 0 Å². The van der Waals surface area contributed by atoms with E-state index in [9.17, 15) is 9.59 Å². The normalized spacial score (nSPS) is 20.3. The third-order valence-electron chi connectivity index (χ3n) is 4.88. The van der Waals surface area contributed by atoms with Crippen LogP contribution in [-0.2, 0) is 9.53 Å². The Balaban J connectivity index is 1.82. The molecule has 2 aromatic carbocycles. The molecule has 1 saturated heterocycles. The number of fused-ring (bicyclic) bond motifs is 3. The highest BCUT2D eigenvalue weighted by Gasteiger charge is 2.50. The molecule has 0 N–H and O–H groups in total. The van der Waals surface area contributed by atoms with Crippen molar-refractivity contribution in [2.45, 2.75) is 13.0 Å². The standard InChI is InChI=1S/C22H20N2O3/c1-3-27-22(26)20-15(2)23(21(25)17-10-5-4-6-11-17)24-18-12-8-7-9-16(18)13-14-19(20)24/h4-14,19-20H,2-3H2,1H3/t19-,20-/m1/s1. The summed E-state index contributed by atoms with van der Waals surface area (Å²) in [5, 5.41) is 3.37. The number of hydrogen-bond donors (Lipinski definition) is 0. The molecule has 4 rings (SSSR count). The highest BCUT2D eigenvalue weighted by Crippen LogP contribution is 2.43. The van der Waals surface area contributed by atoms with Crippen LogP contribution < -0.4 is 5.01 Å². The van der Waals surface area contributed by atoms with Crippen molar-refractivity contribution in [3.05, 3.63) is 84.1 Å². The molecule has 2 aromatic rings. The lowest BCUT2D eigenvalue weighted by Crippen LogP contribution is -2.45. The first kappa shape index (κ1) is 17.1. The van der Waals surface area contributed by atoms with Crippen molar-refractivity contribution in [2.24, 2.45) is 5.92 Å². The molecule has 1 amide bonds. The summed E-state index contributed by atoms with van der Waals surface area (Å²) >= 11 is 0. The van der Waals surface area contributed by atoms with E-state index in [4.69, 9.17) is 4.74 Å². The van der Waals surface area contributed by atoms with Gasteiger partial charge in [0.15, 0.2) is 0 Å². The molecule has 1 fully saturated rings. The van der Waals surface area contributed by atoms with E-state index in [-0.39, 0.29) is 24.5 Å². The summed E-state index contributed by atoms with van der Waals surface area (Å²) in [6.07, 6.45) is 3.92. The van der Waals surface area contributed by atoms with E-state index in [1.54, 1.807) is 19.1 Å². The number of nitrogens with zero attached hydrogens (tertiary/aromatic N) is 2. The van der Waals surface area contributed by atoms with Gasteiger partial charge in [0, 0.05) is 5.56 Å². The highest BCUT2D eigenvalue weighted by atomic mass is 16.5. The van der Waals surface area contributed by atoms with Gasteiger partial charge in [-0.15, -0.1) is 0 Å². The monoisotopic (exact) mass is 360 g/mol. The highest BCUT2D eigenvalue weighted by molar-refractivity contribution is 5.99. The Morgan fingerprint density at radius 3 is 2.52 bits per heavy atom. The van der Waals surface area contributed by atoms with E-state index in [2.05, 4.69) is 6.58 Å². The topological polar surface area (TPSA) is 49.9 Å². The van der Waals surface area contributed by atoms with Gasteiger partial charge in [-0.1, -0.05) is 55.1 Å². The quantitative estimate of drug-likeness (QED) is 0.784. The van der Waals surface area contributed by atoms with Gasteiger partial charge in [0.2, 0.25) is 0 Å². The predicted molar refractivity (Wildman–Crippen MR) is 104 cm³/mol. The maximum absolute atomic E-state index is 13.3. The number of ether oxygens (including phenoxy) is 1. The second-order valence-electron chi connectivity index (χ2n) is 6.46. The van der Waals surface area contributed by atoms with Gasteiger partial charge in [-0.25, -0.2) is 5.01 Å². The number of hydrazine groups is 1. The minimum Gasteiger partial charge on any atom is -0.465 e. The molecule has 2 aliphatic rings. The zero-order valence-electron chi connectivity index (χ0n) is 15.0. The van der Waals surface area contributed by atoms with Gasteiger partial charge >= 0.3 is 5.97 Å². The lowest BCUT2D eigenvalue weighted by molar-refractivity contribution is -0.146. The van der Waals surface area contributed by atoms with Gasteiger partial charge < -0.3 is 4.74 Å². The van der Waals surface area contributed by atoms with E-state index in [0.29, 0.717) is 11.3 Å². The van der Waals surface area contributed by atoms with Gasteiger partial charge in [0.1, 0.15) is 5.92 Å². The van der Waals surface area contributed by atoms with Crippen LogP contribution in [0.3, 0.4) is 0 Å². The number of carbonyl (C=O) groups excluding carboxylic acids is 2. The van der Waals surface area contributed by atoms with Crippen molar-refractivity contribution >= 4 is 23.6 Å². The van der Waals surface area contributed by atoms with Crippen LogP contribution in [0.4, 0.5) is 5.69 Å². The van der Waals surface area contributed by atoms with Crippen molar-refractivity contribution in [3.8, 4) is 0 Å². The van der Waals surface area contributed by atoms with Gasteiger partial charge in [0.05, 0.1) is 24.0 Å². The van der Waals surface area contributed by atoms with Gasteiger partial charge in [-0.3, -0.25) is 14.6 Å². The minimum absolute atomic E-state index is 0.220. The molecule has 2 aliphatic heterocycles. The zero-order valence-corrected chi connectivity index (χ0v) is 15.0. The molecule has 0 saturated carbocycles. The largest absolute Gasteiger partial charge is 0.465 e. The third-order valence-corrected chi connectivity index (χ3v) is 4.88. The Labute approximate surface area is 158 Å². The average molecular weight is 360 g/mol. The fraction of sp³-hybridized carbons (Fsp3) is 0.182. The van der Waals surface area contributed by atoms with Crippen LogP contribution >= 0.6 is 0 Å². The van der Waals surface area contributed by atoms with E-state index < -0.39 is 5.92 Å². The maximum atomic E-state index is 13.3. The van der Waals surface area contributed by atoms with E-state index >= 15 is 0 Å². The first-order valence-corrected chi connectivity index (χ1v) is 8.94. The number of benzene rings is 2. The summed E-state index contributed by atoms with van der Waals surface area (Å²) in [5.74, 6) is -1.23. The molecule has 0 aromatic heterocycles. The number of hydrogen-bond acceptors (Lipinski definition) is 4. The number of amides is 1. The van der Waals surface area contributed by atoms with Crippen LogP contribution in [0.15, 0.2) is 72.9 Å². The van der Waals surface area contributed by atoms with Crippen LogP contribution in [0, 0.1) is 5.92 Å². The smallest absolute Gasteiger partial charge is 0.317 e. The molecule has 5 heteroatoms. The van der Waals surface area contributed by atoms with Crippen LogP contribution in [0.25, 0.3) is 6.08 Å². The third kappa shape index (κ3) is 2.72. The second kappa shape index (κ2) is 6.76. The molecule has 2 atom stereocenters. The van der Waals surface area contributed by atoms with E-state index in [0.717, 1.165) is 11.3 Å². The van der Waals surface area contributed by atoms with Crippen molar-refractivity contribution in [1.82, 2.24) is 5.01 Å². The number of anilines is 1. The zero-order chi connectivity index (χ0) is 19.0. The first-order chi connectivity index (χ1) is 13.1. The number of para-hydroxylation sites is 1. The fourth-order valence-electron chi connectivity index (χ4n) is 3.68. The molecule has 136 valence electrons. The minimum atomic E-state index is -0.637. The number of esters is 1. The van der Waals surface area contributed by atoms with Crippen molar-refractivity contribution in [2.75, 3.05) is 11.6 Å². The van der Waals surface area contributed by atoms with Crippen LogP contribution in [0.5, 0.6) is 0 Å². The molecular weight excluding hydrogens is 340 g/mol. The number of rotatable bonds is 3. The summed E-state index contributed by atoms with van der Waals surface area (Å²) in [7, 11) is 0. The van der Waals surface area contributed by atoms with Crippen molar-refractivity contribution < 1.29 is 14.3 Å². The Bertz CT molecular complexity index is 936. The molecule has 0 spiro atoms. The Kier molecular flexibility index (Phi) is 4.28. The summed E-state index contributed by atoms with van der Waals surface area (Å²) in [6.45, 7) is 6.14. The van der Waals surface area contributed by atoms with Crippen LogP contribution in [0.1, 0.15) is 22.8 Å². The first-order valence-electron chi connectivity index (χ1n) is 8.94. The Morgan fingerprint density at radius 2 is 1.78 bits per heavy atom. The fourth-order valence-corrected chi connectivity index (χ4v) is 3.68. The SMILES string of the molecule is C=C1[C@@H](C(=O)OCC)[C@H]2C=Cc3ccccc3N2N1C(=O)c1ccccc1. The summed E-state index contributed by atoms with van der Waals surface area (Å²) in [4.78, 5) is 25.9. The Hall–Kier alpha value is -3.34. The van der Waals surface area contributed by atoms with Crippen molar-refractivity contribution in [1.29, 1.82) is 0 Å². The molecule has 0 bridgehead atoms. The lowest BCUT2D eigenvalue weighted by atomic mass is 9.94. The molecule has 27 heavy (non-hydrogen) atoms. The summed E-state index contributed by atoms with van der Waals surface area (Å²) in [6, 6.07) is 16.4. The summed E-state index contributed by atoms with van der Waals surface area (Å²) < 4.78 is 5.27. The van der Waals surface area contributed by atoms with Gasteiger partial charge in [0.25, 0.3) is 5.91 Å². The van der Waals surface area contributed by atoms with Crippen LogP contribution in [-0.4, -0.2) is 29.5 Å². The van der Waals surface area contributed by atoms with Gasteiger partial charge in [-0.2, -0.15) is 0 Å². The van der Waals surface area contributed by atoms with Crippen LogP contribution in [0.2, 0.25) is 0 Å². The maximum Gasteiger partial charge on any atom is 0.317 e.